The van der Waals surface area contributed by atoms with Gasteiger partial charge in [0, 0.05) is 6.07 Å². The molecular formula is C14H16N4O3. The molecule has 110 valence electrons. The molecule has 0 amide bonds. The molecule has 0 spiro atoms. The van der Waals surface area contributed by atoms with Crippen molar-refractivity contribution < 1.29 is 9.66 Å². The van der Waals surface area contributed by atoms with E-state index in [1.165, 1.54) is 12.1 Å². The van der Waals surface area contributed by atoms with E-state index in [2.05, 4.69) is 10.3 Å². The zero-order valence-electron chi connectivity index (χ0n) is 11.6. The third kappa shape index (κ3) is 4.07. The Morgan fingerprint density at radius 3 is 2.86 bits per heavy atom. The van der Waals surface area contributed by atoms with Crippen LogP contribution in [-0.4, -0.2) is 23.1 Å². The first-order chi connectivity index (χ1) is 10.1. The van der Waals surface area contributed by atoms with Gasteiger partial charge >= 0.3 is 5.69 Å². The monoisotopic (exact) mass is 288 g/mol. The summed E-state index contributed by atoms with van der Waals surface area (Å²) in [6, 6.07) is 10.6. The molecule has 1 heterocycles. The number of rotatable bonds is 6. The van der Waals surface area contributed by atoms with Gasteiger partial charge in [-0.3, -0.25) is 10.1 Å². The summed E-state index contributed by atoms with van der Waals surface area (Å²) >= 11 is 0. The van der Waals surface area contributed by atoms with Gasteiger partial charge in [-0.05, 0) is 30.7 Å². The van der Waals surface area contributed by atoms with E-state index in [0.29, 0.717) is 19.0 Å². The summed E-state index contributed by atoms with van der Waals surface area (Å²) in [6.45, 7) is 2.95. The number of pyridine rings is 1. The van der Waals surface area contributed by atoms with Crippen molar-refractivity contribution in [3.05, 3.63) is 52.1 Å². The van der Waals surface area contributed by atoms with Crippen LogP contribution in [0, 0.1) is 17.0 Å². The van der Waals surface area contributed by atoms with Crippen molar-refractivity contribution in [2.24, 2.45) is 0 Å². The Morgan fingerprint density at radius 2 is 2.19 bits per heavy atom. The van der Waals surface area contributed by atoms with Crippen molar-refractivity contribution in [1.29, 1.82) is 0 Å². The number of ether oxygens (including phenoxy) is 1. The number of aryl methyl sites for hydroxylation is 1. The standard InChI is InChI=1S/C14H16N4O3/c1-10-3-2-4-11(9-10)21-8-7-16-13-6-5-12(18(19)20)14(15)17-13/h2-6,9H,7-8H2,1H3,(H3,15,16,17). The lowest BCUT2D eigenvalue weighted by molar-refractivity contribution is -0.384. The normalized spacial score (nSPS) is 10.1. The number of hydrogen-bond acceptors (Lipinski definition) is 6. The van der Waals surface area contributed by atoms with Crippen LogP contribution in [0.2, 0.25) is 0 Å². The number of nitrogens with one attached hydrogen (secondary N) is 1. The Hall–Kier alpha value is -2.83. The lowest BCUT2D eigenvalue weighted by Gasteiger charge is -2.09. The van der Waals surface area contributed by atoms with Crippen molar-refractivity contribution in [2.75, 3.05) is 24.2 Å². The van der Waals surface area contributed by atoms with Gasteiger partial charge in [0.2, 0.25) is 5.82 Å². The second-order valence-corrected chi connectivity index (χ2v) is 4.45. The molecule has 0 fully saturated rings. The van der Waals surface area contributed by atoms with Gasteiger partial charge in [0.15, 0.2) is 0 Å². The highest BCUT2D eigenvalue weighted by Gasteiger charge is 2.12. The van der Waals surface area contributed by atoms with Crippen LogP contribution < -0.4 is 15.8 Å². The van der Waals surface area contributed by atoms with E-state index < -0.39 is 4.92 Å². The quantitative estimate of drug-likeness (QED) is 0.480. The molecule has 0 aliphatic carbocycles. The molecule has 0 aliphatic heterocycles. The number of hydrogen-bond donors (Lipinski definition) is 2. The van der Waals surface area contributed by atoms with Gasteiger partial charge in [-0.2, -0.15) is 0 Å². The van der Waals surface area contributed by atoms with Crippen LogP contribution in [0.25, 0.3) is 0 Å². The molecule has 7 heteroatoms. The molecule has 2 rings (SSSR count). The third-order valence-electron chi connectivity index (χ3n) is 2.77. The Bertz CT molecular complexity index is 646. The van der Waals surface area contributed by atoms with E-state index in [1.54, 1.807) is 0 Å². The SMILES string of the molecule is Cc1cccc(OCCNc2ccc([N+](=O)[O-])c(N)n2)c1. The molecule has 7 nitrogen and oxygen atoms in total. The number of nitrogens with zero attached hydrogens (tertiary/aromatic N) is 2. The van der Waals surface area contributed by atoms with E-state index in [-0.39, 0.29) is 11.5 Å². The van der Waals surface area contributed by atoms with Gasteiger partial charge in [-0.15, -0.1) is 0 Å². The van der Waals surface area contributed by atoms with Crippen LogP contribution >= 0.6 is 0 Å². The first kappa shape index (κ1) is 14.6. The van der Waals surface area contributed by atoms with Crippen molar-refractivity contribution in [2.45, 2.75) is 6.92 Å². The summed E-state index contributed by atoms with van der Waals surface area (Å²) in [6.07, 6.45) is 0. The van der Waals surface area contributed by atoms with Gasteiger partial charge in [-0.1, -0.05) is 12.1 Å². The maximum Gasteiger partial charge on any atom is 0.311 e. The molecule has 0 saturated heterocycles. The molecule has 2 aromatic rings. The predicted molar refractivity (Wildman–Crippen MR) is 80.5 cm³/mol. The highest BCUT2D eigenvalue weighted by Crippen LogP contribution is 2.20. The first-order valence-electron chi connectivity index (χ1n) is 6.40. The van der Waals surface area contributed by atoms with Crippen LogP contribution in [0.3, 0.4) is 0 Å². The highest BCUT2D eigenvalue weighted by molar-refractivity contribution is 5.57. The van der Waals surface area contributed by atoms with Crippen LogP contribution in [-0.2, 0) is 0 Å². The average Bonchev–Trinajstić information content (AvgIpc) is 2.43. The molecular weight excluding hydrogens is 272 g/mol. The number of aromatic nitrogens is 1. The fourth-order valence-corrected chi connectivity index (χ4v) is 1.77. The van der Waals surface area contributed by atoms with Gasteiger partial charge in [0.05, 0.1) is 11.5 Å². The van der Waals surface area contributed by atoms with Crippen molar-refractivity contribution in [3.8, 4) is 5.75 Å². The van der Waals surface area contributed by atoms with Gasteiger partial charge in [0.25, 0.3) is 0 Å². The Morgan fingerprint density at radius 1 is 1.38 bits per heavy atom. The van der Waals surface area contributed by atoms with Crippen molar-refractivity contribution in [3.63, 3.8) is 0 Å². The molecule has 1 aromatic heterocycles. The maximum atomic E-state index is 10.6. The van der Waals surface area contributed by atoms with Crippen LogP contribution in [0.1, 0.15) is 5.56 Å². The number of nitrogen functional groups attached to an aromatic ring is 1. The largest absolute Gasteiger partial charge is 0.492 e. The fourth-order valence-electron chi connectivity index (χ4n) is 1.77. The molecule has 0 bridgehead atoms. The summed E-state index contributed by atoms with van der Waals surface area (Å²) in [5, 5.41) is 13.6. The Balaban J connectivity index is 1.84. The minimum atomic E-state index is -0.563. The minimum Gasteiger partial charge on any atom is -0.492 e. The maximum absolute atomic E-state index is 10.6. The topological polar surface area (TPSA) is 103 Å². The molecule has 3 N–H and O–H groups in total. The average molecular weight is 288 g/mol. The molecule has 0 saturated carbocycles. The summed E-state index contributed by atoms with van der Waals surface area (Å²) in [5.41, 5.74) is 6.44. The van der Waals surface area contributed by atoms with Crippen LogP contribution in [0.5, 0.6) is 5.75 Å². The summed E-state index contributed by atoms with van der Waals surface area (Å²) < 4.78 is 5.57. The minimum absolute atomic E-state index is 0.107. The van der Waals surface area contributed by atoms with Crippen molar-refractivity contribution in [1.82, 2.24) is 4.98 Å². The lowest BCUT2D eigenvalue weighted by Crippen LogP contribution is -2.13. The molecule has 0 radical (unpaired) electrons. The number of benzene rings is 1. The molecule has 0 aliphatic rings. The molecule has 0 atom stereocenters. The Labute approximate surface area is 121 Å². The summed E-state index contributed by atoms with van der Waals surface area (Å²) in [7, 11) is 0. The molecule has 0 unspecified atom stereocenters. The summed E-state index contributed by atoms with van der Waals surface area (Å²) in [5.74, 6) is 1.17. The number of nitro groups is 1. The highest BCUT2D eigenvalue weighted by atomic mass is 16.6. The van der Waals surface area contributed by atoms with Gasteiger partial charge in [-0.25, -0.2) is 4.98 Å². The van der Waals surface area contributed by atoms with E-state index >= 15 is 0 Å². The van der Waals surface area contributed by atoms with Gasteiger partial charge < -0.3 is 15.8 Å². The number of anilines is 2. The first-order valence-corrected chi connectivity index (χ1v) is 6.40. The van der Waals surface area contributed by atoms with E-state index in [4.69, 9.17) is 10.5 Å². The Kier molecular flexibility index (Phi) is 4.55. The third-order valence-corrected chi connectivity index (χ3v) is 2.77. The second kappa shape index (κ2) is 6.56. The van der Waals surface area contributed by atoms with E-state index in [1.807, 2.05) is 31.2 Å². The van der Waals surface area contributed by atoms with Gasteiger partial charge in [0.1, 0.15) is 18.2 Å². The number of nitrogens with two attached hydrogens (primary N) is 1. The smallest absolute Gasteiger partial charge is 0.311 e. The van der Waals surface area contributed by atoms with E-state index in [9.17, 15) is 10.1 Å². The molecule has 21 heavy (non-hydrogen) atoms. The summed E-state index contributed by atoms with van der Waals surface area (Å²) in [4.78, 5) is 14.0. The zero-order chi connectivity index (χ0) is 15.2. The lowest BCUT2D eigenvalue weighted by atomic mass is 10.2. The second-order valence-electron chi connectivity index (χ2n) is 4.45. The van der Waals surface area contributed by atoms with Crippen molar-refractivity contribution >= 4 is 17.3 Å². The fraction of sp³-hybridized carbons (Fsp3) is 0.214. The molecule has 1 aromatic carbocycles. The zero-order valence-corrected chi connectivity index (χ0v) is 11.6. The van der Waals surface area contributed by atoms with Crippen LogP contribution in [0.15, 0.2) is 36.4 Å². The predicted octanol–water partition coefficient (Wildman–Crippen LogP) is 2.37. The van der Waals surface area contributed by atoms with E-state index in [0.717, 1.165) is 11.3 Å². The van der Waals surface area contributed by atoms with Crippen LogP contribution in [0.4, 0.5) is 17.3 Å².